The van der Waals surface area contributed by atoms with E-state index >= 15 is 0 Å². The molecule has 11 heteroatoms. The van der Waals surface area contributed by atoms with Crippen molar-refractivity contribution in [3.63, 3.8) is 0 Å². The highest BCUT2D eigenvalue weighted by Gasteiger charge is 2.39. The summed E-state index contributed by atoms with van der Waals surface area (Å²) in [5.41, 5.74) is -2.48. The van der Waals surface area contributed by atoms with Gasteiger partial charge in [-0.25, -0.2) is 13.2 Å². The van der Waals surface area contributed by atoms with Gasteiger partial charge < -0.3 is 15.3 Å². The fourth-order valence-corrected chi connectivity index (χ4v) is 4.18. The van der Waals surface area contributed by atoms with Gasteiger partial charge in [0.05, 0.1) is 6.04 Å². The van der Waals surface area contributed by atoms with Gasteiger partial charge in [0.2, 0.25) is 5.43 Å². The van der Waals surface area contributed by atoms with Crippen LogP contribution in [0, 0.1) is 23.4 Å². The molecule has 2 aliphatic rings. The predicted molar refractivity (Wildman–Crippen MR) is 116 cm³/mol. The summed E-state index contributed by atoms with van der Waals surface area (Å²) >= 11 is 0. The number of amides is 2. The minimum Gasteiger partial charge on any atom is -0.502 e. The highest BCUT2D eigenvalue weighted by atomic mass is 19.1. The molecule has 0 saturated heterocycles. The quantitative estimate of drug-likeness (QED) is 0.661. The van der Waals surface area contributed by atoms with E-state index in [-0.39, 0.29) is 30.4 Å². The number of fused-ring (bicyclic) bond motifs is 4. The molecule has 0 spiro atoms. The molecule has 0 saturated carbocycles. The number of hydrogen-bond acceptors (Lipinski definition) is 5. The number of aromatic hydroxyl groups is 1. The second-order valence-electron chi connectivity index (χ2n) is 8.66. The van der Waals surface area contributed by atoms with E-state index in [0.29, 0.717) is 12.1 Å². The van der Waals surface area contributed by atoms with E-state index < -0.39 is 58.1 Å². The lowest BCUT2D eigenvalue weighted by molar-refractivity contribution is 0.0646. The smallest absolute Gasteiger partial charge is 0.278 e. The van der Waals surface area contributed by atoms with Crippen molar-refractivity contribution in [1.29, 1.82) is 0 Å². The van der Waals surface area contributed by atoms with Crippen molar-refractivity contribution in [1.82, 2.24) is 14.9 Å². The minimum absolute atomic E-state index is 0.0766. The largest absolute Gasteiger partial charge is 0.502 e. The van der Waals surface area contributed by atoms with Gasteiger partial charge in [0.25, 0.3) is 11.8 Å². The fraction of sp³-hybridized carbons (Fsp3) is 0.348. The molecule has 0 radical (unpaired) electrons. The number of rotatable bonds is 4. The number of aromatic nitrogens is 1. The molecular weight excluding hydrogens is 453 g/mol. The van der Waals surface area contributed by atoms with Gasteiger partial charge in [0, 0.05) is 36.5 Å². The Hall–Kier alpha value is -3.76. The molecular formula is C23H23F3N4O4. The van der Waals surface area contributed by atoms with Gasteiger partial charge in [-0.1, -0.05) is 26.0 Å². The van der Waals surface area contributed by atoms with E-state index in [1.165, 1.54) is 9.58 Å². The molecule has 2 aromatic rings. The zero-order valence-corrected chi connectivity index (χ0v) is 18.7. The van der Waals surface area contributed by atoms with E-state index in [0.717, 1.165) is 6.20 Å². The van der Waals surface area contributed by atoms with Crippen molar-refractivity contribution in [2.45, 2.75) is 39.4 Å². The normalized spacial score (nSPS) is 19.3. The molecule has 1 aromatic carbocycles. The summed E-state index contributed by atoms with van der Waals surface area (Å²) in [6, 6.07) is 0.438. The number of hydrogen-bond donors (Lipinski definition) is 2. The van der Waals surface area contributed by atoms with Crippen molar-refractivity contribution in [3.8, 4) is 5.75 Å². The van der Waals surface area contributed by atoms with Gasteiger partial charge in [-0.05, 0) is 12.8 Å². The molecule has 2 atom stereocenters. The SMILES string of the molecule is CC(C)C1C=C[C@H](C)N2CN1n1cc(C(=O)NCc3c(F)cc(F)cc3F)c(=O)c(O)c1C2=O. The minimum atomic E-state index is -1.20. The number of pyridine rings is 1. The van der Waals surface area contributed by atoms with Gasteiger partial charge in [-0.2, -0.15) is 0 Å². The summed E-state index contributed by atoms with van der Waals surface area (Å²) in [6.45, 7) is 5.23. The van der Waals surface area contributed by atoms with Crippen LogP contribution in [-0.2, 0) is 6.54 Å². The predicted octanol–water partition coefficient (Wildman–Crippen LogP) is 2.24. The Bertz CT molecular complexity index is 1250. The Kier molecular flexibility index (Phi) is 5.88. The third-order valence-electron chi connectivity index (χ3n) is 6.08. The summed E-state index contributed by atoms with van der Waals surface area (Å²) in [7, 11) is 0. The molecule has 34 heavy (non-hydrogen) atoms. The van der Waals surface area contributed by atoms with Gasteiger partial charge >= 0.3 is 0 Å². The van der Waals surface area contributed by atoms with Gasteiger partial charge in [-0.3, -0.25) is 24.1 Å². The maximum atomic E-state index is 13.9. The van der Waals surface area contributed by atoms with E-state index in [4.69, 9.17) is 0 Å². The maximum absolute atomic E-state index is 13.9. The summed E-state index contributed by atoms with van der Waals surface area (Å²) in [6.07, 6.45) is 4.93. The molecule has 1 aromatic heterocycles. The summed E-state index contributed by atoms with van der Waals surface area (Å²) in [5.74, 6) is -5.92. The summed E-state index contributed by atoms with van der Waals surface area (Å²) in [4.78, 5) is 40.1. The molecule has 2 aliphatic heterocycles. The van der Waals surface area contributed by atoms with Crippen LogP contribution in [0.1, 0.15) is 47.2 Å². The van der Waals surface area contributed by atoms with Crippen LogP contribution in [0.25, 0.3) is 0 Å². The third kappa shape index (κ3) is 3.80. The number of benzene rings is 1. The number of nitrogens with one attached hydrogen (secondary N) is 1. The van der Waals surface area contributed by atoms with Crippen LogP contribution in [0.5, 0.6) is 5.75 Å². The second kappa shape index (κ2) is 8.54. The lowest BCUT2D eigenvalue weighted by Gasteiger charge is -2.43. The molecule has 2 amide bonds. The van der Waals surface area contributed by atoms with Crippen molar-refractivity contribution in [3.05, 3.63) is 75.0 Å². The zero-order valence-electron chi connectivity index (χ0n) is 18.7. The zero-order chi connectivity index (χ0) is 24.9. The van der Waals surface area contributed by atoms with Gasteiger partial charge in [0.1, 0.15) is 29.7 Å². The first-order valence-corrected chi connectivity index (χ1v) is 10.7. The fourth-order valence-electron chi connectivity index (χ4n) is 4.18. The van der Waals surface area contributed by atoms with Crippen molar-refractivity contribution in [2.24, 2.45) is 5.92 Å². The number of halogens is 3. The Morgan fingerprint density at radius 3 is 2.44 bits per heavy atom. The first-order chi connectivity index (χ1) is 16.0. The lowest BCUT2D eigenvalue weighted by atomic mass is 10.0. The van der Waals surface area contributed by atoms with Gasteiger partial charge in [0.15, 0.2) is 11.4 Å². The van der Waals surface area contributed by atoms with Crippen molar-refractivity contribution >= 4 is 11.8 Å². The molecule has 2 N–H and O–H groups in total. The first kappa shape index (κ1) is 23.4. The van der Waals surface area contributed by atoms with Crippen LogP contribution < -0.4 is 15.8 Å². The van der Waals surface area contributed by atoms with E-state index in [1.807, 2.05) is 32.9 Å². The van der Waals surface area contributed by atoms with Crippen molar-refractivity contribution in [2.75, 3.05) is 11.7 Å². The molecule has 8 nitrogen and oxygen atoms in total. The highest BCUT2D eigenvalue weighted by molar-refractivity contribution is 5.99. The van der Waals surface area contributed by atoms with Crippen molar-refractivity contribution < 1.29 is 27.9 Å². The summed E-state index contributed by atoms with van der Waals surface area (Å²) < 4.78 is 42.2. The van der Waals surface area contributed by atoms with E-state index in [9.17, 15) is 32.7 Å². The molecule has 0 aliphatic carbocycles. The Labute approximate surface area is 192 Å². The number of nitrogens with zero attached hydrogens (tertiary/aromatic N) is 3. The molecule has 0 fully saturated rings. The standard InChI is InChI=1S/C23H23F3N4O4/c1-11(2)18-5-4-12(3)28-10-30(18)29-9-15(20(31)21(32)19(29)23(28)34)22(33)27-8-14-16(25)6-13(24)7-17(14)26/h4-7,9,11-12,18,32H,8,10H2,1-3H3,(H,27,33)/t12-,18?/m0/s1. The van der Waals surface area contributed by atoms with Crippen LogP contribution in [-0.4, -0.2) is 45.2 Å². The monoisotopic (exact) mass is 476 g/mol. The Balaban J connectivity index is 1.74. The average molecular weight is 476 g/mol. The molecule has 2 bridgehead atoms. The Morgan fingerprint density at radius 2 is 1.82 bits per heavy atom. The third-order valence-corrected chi connectivity index (χ3v) is 6.08. The topological polar surface area (TPSA) is 94.9 Å². The lowest BCUT2D eigenvalue weighted by Crippen LogP contribution is -2.59. The maximum Gasteiger partial charge on any atom is 0.278 e. The molecule has 180 valence electrons. The van der Waals surface area contributed by atoms with E-state index in [1.54, 1.807) is 5.01 Å². The van der Waals surface area contributed by atoms with Crippen LogP contribution >= 0.6 is 0 Å². The summed E-state index contributed by atoms with van der Waals surface area (Å²) in [5, 5.41) is 14.6. The Morgan fingerprint density at radius 1 is 1.18 bits per heavy atom. The van der Waals surface area contributed by atoms with Gasteiger partial charge in [-0.15, -0.1) is 0 Å². The molecule has 4 rings (SSSR count). The first-order valence-electron chi connectivity index (χ1n) is 10.7. The molecule has 3 heterocycles. The van der Waals surface area contributed by atoms with Crippen LogP contribution in [0.15, 0.2) is 35.3 Å². The molecule has 1 unspecified atom stereocenters. The number of carbonyl (C=O) groups excluding carboxylic acids is 2. The van der Waals surface area contributed by atoms with Crippen LogP contribution in [0.3, 0.4) is 0 Å². The number of carbonyl (C=O) groups is 2. The second-order valence-corrected chi connectivity index (χ2v) is 8.66. The van der Waals surface area contributed by atoms with Crippen LogP contribution in [0.2, 0.25) is 0 Å². The van der Waals surface area contributed by atoms with E-state index in [2.05, 4.69) is 5.32 Å². The highest BCUT2D eigenvalue weighted by Crippen LogP contribution is 2.28. The van der Waals surface area contributed by atoms with Crippen LogP contribution in [0.4, 0.5) is 13.2 Å². The average Bonchev–Trinajstić information content (AvgIpc) is 2.90.